The van der Waals surface area contributed by atoms with Gasteiger partial charge in [-0.05, 0) is 24.3 Å². The van der Waals surface area contributed by atoms with Crippen molar-refractivity contribution >= 4 is 23.1 Å². The number of benzene rings is 1. The van der Waals surface area contributed by atoms with E-state index in [4.69, 9.17) is 0 Å². The lowest BCUT2D eigenvalue weighted by Gasteiger charge is -2.07. The topological polar surface area (TPSA) is 66.9 Å². The van der Waals surface area contributed by atoms with Crippen molar-refractivity contribution in [2.24, 2.45) is 0 Å². The summed E-state index contributed by atoms with van der Waals surface area (Å²) in [7, 11) is 0. The summed E-state index contributed by atoms with van der Waals surface area (Å²) in [6.07, 6.45) is 3.36. The summed E-state index contributed by atoms with van der Waals surface area (Å²) < 4.78 is 26.3. The summed E-state index contributed by atoms with van der Waals surface area (Å²) in [5.41, 5.74) is 1.64. The molecule has 0 aliphatic heterocycles. The Kier molecular flexibility index (Phi) is 4.76. The van der Waals surface area contributed by atoms with Crippen LogP contribution in [0.25, 0.3) is 11.3 Å². The number of rotatable bonds is 4. The minimum atomic E-state index is -0.834. The van der Waals surface area contributed by atoms with Crippen LogP contribution in [0, 0.1) is 11.6 Å². The molecule has 0 saturated heterocycles. The highest BCUT2D eigenvalue weighted by molar-refractivity contribution is 7.09. The largest absolute Gasteiger partial charge is 0.331 e. The summed E-state index contributed by atoms with van der Waals surface area (Å²) in [4.78, 5) is 20.1. The number of amides is 2. The molecule has 8 heteroatoms. The molecular formula is C16H12F2N4OS. The van der Waals surface area contributed by atoms with E-state index in [-0.39, 0.29) is 12.2 Å². The Morgan fingerprint density at radius 2 is 1.96 bits per heavy atom. The van der Waals surface area contributed by atoms with Crippen LogP contribution in [0.4, 0.5) is 19.3 Å². The van der Waals surface area contributed by atoms with E-state index >= 15 is 0 Å². The lowest BCUT2D eigenvalue weighted by molar-refractivity contribution is 0.251. The lowest BCUT2D eigenvalue weighted by atomic mass is 10.2. The van der Waals surface area contributed by atoms with Crippen LogP contribution < -0.4 is 10.6 Å². The minimum Gasteiger partial charge on any atom is -0.331 e. The number of pyridine rings is 1. The summed E-state index contributed by atoms with van der Waals surface area (Å²) in [6.45, 7) is 0.199. The zero-order valence-electron chi connectivity index (χ0n) is 12.3. The van der Waals surface area contributed by atoms with Crippen LogP contribution in [0.2, 0.25) is 0 Å². The van der Waals surface area contributed by atoms with E-state index in [2.05, 4.69) is 20.6 Å². The number of thiazole rings is 1. The van der Waals surface area contributed by atoms with Gasteiger partial charge in [0, 0.05) is 29.4 Å². The van der Waals surface area contributed by atoms with E-state index in [1.807, 2.05) is 17.5 Å². The SMILES string of the molecule is O=C(NCc1nc(-c2ccncc2)cs1)Nc1ccc(F)cc1F. The van der Waals surface area contributed by atoms with Crippen molar-refractivity contribution in [1.29, 1.82) is 0 Å². The fourth-order valence-corrected chi connectivity index (χ4v) is 2.70. The van der Waals surface area contributed by atoms with Gasteiger partial charge in [0.2, 0.25) is 0 Å². The zero-order valence-corrected chi connectivity index (χ0v) is 13.1. The summed E-state index contributed by atoms with van der Waals surface area (Å²) in [5, 5.41) is 7.49. The smallest absolute Gasteiger partial charge is 0.319 e. The molecule has 0 atom stereocenters. The van der Waals surface area contributed by atoms with Crippen molar-refractivity contribution in [3.05, 3.63) is 64.7 Å². The molecule has 2 aromatic heterocycles. The van der Waals surface area contributed by atoms with E-state index in [0.29, 0.717) is 11.1 Å². The number of halogens is 2. The monoisotopic (exact) mass is 346 g/mol. The molecule has 0 spiro atoms. The van der Waals surface area contributed by atoms with Crippen LogP contribution in [0.1, 0.15) is 5.01 Å². The molecule has 0 saturated carbocycles. The van der Waals surface area contributed by atoms with Crippen LogP contribution in [-0.4, -0.2) is 16.0 Å². The van der Waals surface area contributed by atoms with E-state index in [1.54, 1.807) is 12.4 Å². The van der Waals surface area contributed by atoms with Crippen molar-refractivity contribution in [3.8, 4) is 11.3 Å². The normalized spacial score (nSPS) is 10.4. The van der Waals surface area contributed by atoms with E-state index in [0.717, 1.165) is 23.4 Å². The van der Waals surface area contributed by atoms with Crippen LogP contribution >= 0.6 is 11.3 Å². The average Bonchev–Trinajstić information content (AvgIpc) is 3.05. The molecule has 3 aromatic rings. The van der Waals surface area contributed by atoms with Crippen LogP contribution in [0.5, 0.6) is 0 Å². The molecule has 2 amide bonds. The minimum absolute atomic E-state index is 0.0921. The Hall–Kier alpha value is -2.87. The average molecular weight is 346 g/mol. The highest BCUT2D eigenvalue weighted by Crippen LogP contribution is 2.21. The lowest BCUT2D eigenvalue weighted by Crippen LogP contribution is -2.28. The first kappa shape index (κ1) is 16.0. The fraction of sp³-hybridized carbons (Fsp3) is 0.0625. The highest BCUT2D eigenvalue weighted by Gasteiger charge is 2.09. The van der Waals surface area contributed by atoms with Gasteiger partial charge in [0.1, 0.15) is 16.6 Å². The van der Waals surface area contributed by atoms with Gasteiger partial charge in [0.05, 0.1) is 17.9 Å². The molecular weight excluding hydrogens is 334 g/mol. The van der Waals surface area contributed by atoms with Gasteiger partial charge in [0.15, 0.2) is 0 Å². The summed E-state index contributed by atoms with van der Waals surface area (Å²) in [5.74, 6) is -1.54. The third kappa shape index (κ3) is 3.90. The number of aromatic nitrogens is 2. The van der Waals surface area contributed by atoms with Crippen molar-refractivity contribution < 1.29 is 13.6 Å². The standard InChI is InChI=1S/C16H12F2N4OS/c17-11-1-2-13(12(18)7-11)22-16(23)20-8-15-21-14(9-24-15)10-3-5-19-6-4-10/h1-7,9H,8H2,(H2,20,22,23). The molecule has 0 aliphatic carbocycles. The van der Waals surface area contributed by atoms with Crippen molar-refractivity contribution in [1.82, 2.24) is 15.3 Å². The first-order valence-electron chi connectivity index (χ1n) is 6.96. The van der Waals surface area contributed by atoms with Gasteiger partial charge in [-0.3, -0.25) is 4.98 Å². The number of nitrogens with one attached hydrogen (secondary N) is 2. The van der Waals surface area contributed by atoms with Crippen LogP contribution in [0.15, 0.2) is 48.1 Å². The van der Waals surface area contributed by atoms with Gasteiger partial charge < -0.3 is 10.6 Å². The molecule has 122 valence electrons. The number of carbonyl (C=O) groups is 1. The van der Waals surface area contributed by atoms with Crippen molar-refractivity contribution in [2.45, 2.75) is 6.54 Å². The van der Waals surface area contributed by atoms with Gasteiger partial charge >= 0.3 is 6.03 Å². The van der Waals surface area contributed by atoms with Gasteiger partial charge in [-0.2, -0.15) is 0 Å². The van der Waals surface area contributed by atoms with Crippen molar-refractivity contribution in [3.63, 3.8) is 0 Å². The molecule has 2 N–H and O–H groups in total. The fourth-order valence-electron chi connectivity index (χ4n) is 1.96. The molecule has 0 aliphatic rings. The number of carbonyl (C=O) groups excluding carboxylic acids is 1. The molecule has 0 unspecified atom stereocenters. The highest BCUT2D eigenvalue weighted by atomic mass is 32.1. The number of anilines is 1. The van der Waals surface area contributed by atoms with Gasteiger partial charge in [0.25, 0.3) is 0 Å². The third-order valence-electron chi connectivity index (χ3n) is 3.11. The Balaban J connectivity index is 1.58. The molecule has 24 heavy (non-hydrogen) atoms. The zero-order chi connectivity index (χ0) is 16.9. The van der Waals surface area contributed by atoms with E-state index < -0.39 is 17.7 Å². The molecule has 2 heterocycles. The Bertz CT molecular complexity index is 854. The first-order chi connectivity index (χ1) is 11.6. The second-order valence-electron chi connectivity index (χ2n) is 4.79. The number of hydrogen-bond acceptors (Lipinski definition) is 4. The molecule has 1 aromatic carbocycles. The maximum atomic E-state index is 13.5. The molecule has 0 fully saturated rings. The quantitative estimate of drug-likeness (QED) is 0.755. The Morgan fingerprint density at radius 3 is 2.71 bits per heavy atom. The third-order valence-corrected chi connectivity index (χ3v) is 3.96. The molecule has 5 nitrogen and oxygen atoms in total. The number of nitrogens with zero attached hydrogens (tertiary/aromatic N) is 2. The van der Waals surface area contributed by atoms with Gasteiger partial charge in [-0.15, -0.1) is 11.3 Å². The van der Waals surface area contributed by atoms with Crippen LogP contribution in [0.3, 0.4) is 0 Å². The van der Waals surface area contributed by atoms with E-state index in [1.165, 1.54) is 11.3 Å². The molecule has 0 bridgehead atoms. The molecule has 3 rings (SSSR count). The molecule has 0 radical (unpaired) electrons. The summed E-state index contributed by atoms with van der Waals surface area (Å²) in [6, 6.07) is 6.03. The maximum Gasteiger partial charge on any atom is 0.319 e. The van der Waals surface area contributed by atoms with E-state index in [9.17, 15) is 13.6 Å². The summed E-state index contributed by atoms with van der Waals surface area (Å²) >= 11 is 1.40. The maximum absolute atomic E-state index is 13.5. The predicted octanol–water partition coefficient (Wildman–Crippen LogP) is 3.81. The van der Waals surface area contributed by atoms with Gasteiger partial charge in [-0.1, -0.05) is 0 Å². The van der Waals surface area contributed by atoms with Crippen LogP contribution in [-0.2, 0) is 6.54 Å². The van der Waals surface area contributed by atoms with Crippen molar-refractivity contribution in [2.75, 3.05) is 5.32 Å². The Labute approximate surface area is 140 Å². The second kappa shape index (κ2) is 7.14. The predicted molar refractivity (Wildman–Crippen MR) is 87.6 cm³/mol. The number of urea groups is 1. The number of hydrogen-bond donors (Lipinski definition) is 2. The first-order valence-corrected chi connectivity index (χ1v) is 7.84. The second-order valence-corrected chi connectivity index (χ2v) is 5.74. The van der Waals surface area contributed by atoms with Gasteiger partial charge in [-0.25, -0.2) is 18.6 Å². The Morgan fingerprint density at radius 1 is 1.17 bits per heavy atom.